The summed E-state index contributed by atoms with van der Waals surface area (Å²) in [6, 6.07) is 1.89. The number of ether oxygens (including phenoxy) is 1. The molecule has 0 aliphatic carbocycles. The molecule has 0 aliphatic rings. The van der Waals surface area contributed by atoms with E-state index in [0.29, 0.717) is 12.1 Å². The minimum atomic E-state index is -4.56. The molecular formula is C8H4ClF5O. The maximum absolute atomic E-state index is 12.1. The van der Waals surface area contributed by atoms with Crippen LogP contribution in [-0.4, -0.2) is 6.61 Å². The Morgan fingerprint density at radius 1 is 1.20 bits per heavy atom. The summed E-state index contributed by atoms with van der Waals surface area (Å²) in [5, 5.41) is -0.509. The summed E-state index contributed by atoms with van der Waals surface area (Å²) in [6.45, 7) is -3.13. The van der Waals surface area contributed by atoms with Crippen molar-refractivity contribution < 1.29 is 26.7 Å². The van der Waals surface area contributed by atoms with Crippen LogP contribution < -0.4 is 4.74 Å². The predicted molar refractivity (Wildman–Crippen MR) is 43.1 cm³/mol. The lowest BCUT2D eigenvalue weighted by Gasteiger charge is -2.10. The molecule has 1 aromatic rings. The smallest absolute Gasteiger partial charge is 0.416 e. The van der Waals surface area contributed by atoms with Gasteiger partial charge in [0, 0.05) is 0 Å². The van der Waals surface area contributed by atoms with Gasteiger partial charge in [-0.2, -0.15) is 22.0 Å². The van der Waals surface area contributed by atoms with Gasteiger partial charge >= 0.3 is 12.8 Å². The average Bonchev–Trinajstić information content (AvgIpc) is 2.05. The lowest BCUT2D eigenvalue weighted by atomic mass is 10.2. The van der Waals surface area contributed by atoms with Crippen LogP contribution in [0.25, 0.3) is 0 Å². The van der Waals surface area contributed by atoms with Gasteiger partial charge in [-0.3, -0.25) is 0 Å². The van der Waals surface area contributed by atoms with E-state index in [1.165, 1.54) is 0 Å². The second-order valence-corrected chi connectivity index (χ2v) is 2.93. The minimum absolute atomic E-state index is 0.486. The Morgan fingerprint density at radius 2 is 1.80 bits per heavy atom. The molecule has 0 N–H and O–H groups in total. The topological polar surface area (TPSA) is 9.23 Å². The van der Waals surface area contributed by atoms with E-state index >= 15 is 0 Å². The highest BCUT2D eigenvalue weighted by atomic mass is 35.5. The van der Waals surface area contributed by atoms with Crippen LogP contribution in [0.4, 0.5) is 22.0 Å². The van der Waals surface area contributed by atoms with Gasteiger partial charge < -0.3 is 4.74 Å². The van der Waals surface area contributed by atoms with Crippen molar-refractivity contribution in [1.29, 1.82) is 0 Å². The molecule has 1 nitrogen and oxygen atoms in total. The molecular weight excluding hydrogens is 243 g/mol. The van der Waals surface area contributed by atoms with Crippen LogP contribution in [0.15, 0.2) is 18.2 Å². The Morgan fingerprint density at radius 3 is 2.20 bits per heavy atom. The third-order valence-corrected chi connectivity index (χ3v) is 1.77. The molecule has 0 fully saturated rings. The zero-order valence-corrected chi connectivity index (χ0v) is 7.74. The highest BCUT2D eigenvalue weighted by Crippen LogP contribution is 2.35. The number of benzene rings is 1. The molecule has 0 heterocycles. The summed E-state index contributed by atoms with van der Waals surface area (Å²) in [5.74, 6) is -0.486. The van der Waals surface area contributed by atoms with Crippen molar-refractivity contribution in [1.82, 2.24) is 0 Å². The Labute approximate surface area is 86.4 Å². The molecule has 7 heteroatoms. The zero-order valence-electron chi connectivity index (χ0n) is 6.99. The molecule has 1 rings (SSSR count). The number of hydrogen-bond donors (Lipinski definition) is 0. The van der Waals surface area contributed by atoms with E-state index in [1.54, 1.807) is 0 Å². The monoisotopic (exact) mass is 246 g/mol. The van der Waals surface area contributed by atoms with E-state index in [9.17, 15) is 22.0 Å². The van der Waals surface area contributed by atoms with Gasteiger partial charge in [0.2, 0.25) is 0 Å². The Kier molecular flexibility index (Phi) is 3.38. The molecule has 1 aromatic carbocycles. The van der Waals surface area contributed by atoms with Gasteiger partial charge in [0.25, 0.3) is 0 Å². The summed E-state index contributed by atoms with van der Waals surface area (Å²) < 4.78 is 63.7. The number of alkyl halides is 5. The van der Waals surface area contributed by atoms with Crippen LogP contribution in [0.1, 0.15) is 5.56 Å². The summed E-state index contributed by atoms with van der Waals surface area (Å²) in [6.07, 6.45) is -4.56. The molecule has 0 radical (unpaired) electrons. The minimum Gasteiger partial charge on any atom is -0.433 e. The lowest BCUT2D eigenvalue weighted by molar-refractivity contribution is -0.137. The third-order valence-electron chi connectivity index (χ3n) is 1.48. The second-order valence-electron chi connectivity index (χ2n) is 2.52. The van der Waals surface area contributed by atoms with E-state index in [0.717, 1.165) is 6.07 Å². The van der Waals surface area contributed by atoms with Crippen molar-refractivity contribution in [3.05, 3.63) is 28.8 Å². The number of halogens is 6. The van der Waals surface area contributed by atoms with E-state index in [-0.39, 0.29) is 0 Å². The van der Waals surface area contributed by atoms with Gasteiger partial charge in [-0.25, -0.2) is 0 Å². The molecule has 0 saturated heterocycles. The van der Waals surface area contributed by atoms with Gasteiger partial charge in [0.1, 0.15) is 5.75 Å². The van der Waals surface area contributed by atoms with E-state index in [4.69, 9.17) is 11.6 Å². The molecule has 0 unspecified atom stereocenters. The predicted octanol–water partition coefficient (Wildman–Crippen LogP) is 3.96. The van der Waals surface area contributed by atoms with Gasteiger partial charge in [-0.05, 0) is 18.2 Å². The van der Waals surface area contributed by atoms with Crippen molar-refractivity contribution in [3.63, 3.8) is 0 Å². The molecule has 0 aliphatic heterocycles. The van der Waals surface area contributed by atoms with Crippen LogP contribution in [0.3, 0.4) is 0 Å². The van der Waals surface area contributed by atoms with Crippen LogP contribution >= 0.6 is 11.6 Å². The van der Waals surface area contributed by atoms with Gasteiger partial charge in [-0.15, -0.1) is 0 Å². The summed E-state index contributed by atoms with van der Waals surface area (Å²) in [4.78, 5) is 0. The highest BCUT2D eigenvalue weighted by molar-refractivity contribution is 6.32. The number of hydrogen-bond acceptors (Lipinski definition) is 1. The SMILES string of the molecule is FC(F)Oc1ccc(C(F)(F)F)cc1Cl. The van der Waals surface area contributed by atoms with Crippen molar-refractivity contribution in [3.8, 4) is 5.75 Å². The first-order valence-corrected chi connectivity index (χ1v) is 4.00. The molecule has 15 heavy (non-hydrogen) atoms. The fraction of sp³-hybridized carbons (Fsp3) is 0.250. The maximum Gasteiger partial charge on any atom is 0.416 e. The highest BCUT2D eigenvalue weighted by Gasteiger charge is 2.31. The summed E-state index contributed by atoms with van der Waals surface area (Å²) in [7, 11) is 0. The molecule has 84 valence electrons. The second kappa shape index (κ2) is 4.22. The largest absolute Gasteiger partial charge is 0.433 e. The number of rotatable bonds is 2. The molecule has 0 atom stereocenters. The van der Waals surface area contributed by atoms with E-state index in [1.807, 2.05) is 0 Å². The summed E-state index contributed by atoms with van der Waals surface area (Å²) in [5.41, 5.74) is -1.02. The lowest BCUT2D eigenvalue weighted by Crippen LogP contribution is -2.06. The quantitative estimate of drug-likeness (QED) is 0.718. The molecule has 0 amide bonds. The first-order chi connectivity index (χ1) is 6.80. The molecule has 0 saturated carbocycles. The van der Waals surface area contributed by atoms with Crippen LogP contribution in [0.5, 0.6) is 5.75 Å². The Balaban J connectivity index is 2.98. The van der Waals surface area contributed by atoms with Crippen molar-refractivity contribution in [2.75, 3.05) is 0 Å². The van der Waals surface area contributed by atoms with E-state index < -0.39 is 29.1 Å². The van der Waals surface area contributed by atoms with Crippen LogP contribution in [0, 0.1) is 0 Å². The molecule has 0 spiro atoms. The zero-order chi connectivity index (χ0) is 11.6. The van der Waals surface area contributed by atoms with Crippen molar-refractivity contribution >= 4 is 11.6 Å². The van der Waals surface area contributed by atoms with Gasteiger partial charge in [-0.1, -0.05) is 11.6 Å². The van der Waals surface area contributed by atoms with Crippen LogP contribution in [0.2, 0.25) is 5.02 Å². The standard InChI is InChI=1S/C8H4ClF5O/c9-5-3-4(8(12,13)14)1-2-6(5)15-7(10)11/h1-3,7H. The van der Waals surface area contributed by atoms with Gasteiger partial charge in [0.15, 0.2) is 0 Å². The molecule has 0 aromatic heterocycles. The Bertz CT molecular complexity index is 349. The first kappa shape index (κ1) is 12.0. The normalized spacial score (nSPS) is 11.9. The van der Waals surface area contributed by atoms with Gasteiger partial charge in [0.05, 0.1) is 10.6 Å². The fourth-order valence-corrected chi connectivity index (χ4v) is 1.09. The Hall–Kier alpha value is -1.04. The van der Waals surface area contributed by atoms with E-state index in [2.05, 4.69) is 4.74 Å². The first-order valence-electron chi connectivity index (χ1n) is 3.62. The maximum atomic E-state index is 12.1. The fourth-order valence-electron chi connectivity index (χ4n) is 0.869. The molecule has 0 bridgehead atoms. The van der Waals surface area contributed by atoms with Crippen LogP contribution in [-0.2, 0) is 6.18 Å². The third kappa shape index (κ3) is 3.23. The summed E-state index contributed by atoms with van der Waals surface area (Å²) >= 11 is 5.32. The van der Waals surface area contributed by atoms with Crippen molar-refractivity contribution in [2.24, 2.45) is 0 Å². The van der Waals surface area contributed by atoms with Crippen molar-refractivity contribution in [2.45, 2.75) is 12.8 Å². The average molecular weight is 247 g/mol.